The number of hydrogen-bond acceptors (Lipinski definition) is 3. The summed E-state index contributed by atoms with van der Waals surface area (Å²) in [4.78, 5) is 2.18. The predicted octanol–water partition coefficient (Wildman–Crippen LogP) is 3.91. The third-order valence-electron chi connectivity index (χ3n) is 3.27. The van der Waals surface area contributed by atoms with Crippen LogP contribution in [-0.2, 0) is 6.54 Å². The molecule has 1 aromatic carbocycles. The third-order valence-corrected chi connectivity index (χ3v) is 3.80. The summed E-state index contributed by atoms with van der Waals surface area (Å²) in [6, 6.07) is 12.4. The highest BCUT2D eigenvalue weighted by Gasteiger charge is 2.12. The topological polar surface area (TPSA) is 36.6 Å². The number of hydrogen-bond donors (Lipinski definition) is 1. The maximum atomic E-state index is 9.10. The molecule has 0 fully saturated rings. The van der Waals surface area contributed by atoms with E-state index in [0.717, 1.165) is 28.1 Å². The minimum atomic E-state index is 0.165. The summed E-state index contributed by atoms with van der Waals surface area (Å²) < 4.78 is 6.96. The van der Waals surface area contributed by atoms with E-state index in [4.69, 9.17) is 9.52 Å². The van der Waals surface area contributed by atoms with E-state index in [2.05, 4.69) is 34.7 Å². The van der Waals surface area contributed by atoms with Gasteiger partial charge in [-0.15, -0.1) is 0 Å². The van der Waals surface area contributed by atoms with Gasteiger partial charge in [0.1, 0.15) is 11.5 Å². The van der Waals surface area contributed by atoms with Crippen molar-refractivity contribution >= 4 is 15.9 Å². The molecule has 0 aliphatic rings. The summed E-state index contributed by atoms with van der Waals surface area (Å²) >= 11 is 3.43. The molecule has 0 unspecified atom stereocenters. The van der Waals surface area contributed by atoms with Gasteiger partial charge >= 0.3 is 0 Å². The smallest absolute Gasteiger partial charge is 0.134 e. The largest absolute Gasteiger partial charge is 0.460 e. The Balaban J connectivity index is 2.10. The summed E-state index contributed by atoms with van der Waals surface area (Å²) in [6.07, 6.45) is 0. The van der Waals surface area contributed by atoms with E-state index in [1.165, 1.54) is 0 Å². The first-order valence-electron chi connectivity index (χ1n) is 6.79. The first-order valence-corrected chi connectivity index (χ1v) is 7.59. The van der Waals surface area contributed by atoms with Crippen LogP contribution in [0.25, 0.3) is 11.3 Å². The fourth-order valence-electron chi connectivity index (χ4n) is 2.08. The van der Waals surface area contributed by atoms with E-state index < -0.39 is 0 Å². The molecular formula is C16H20BrNO2. The SMILES string of the molecule is CC(C)N(CCO)Cc1ccc(-c2ccc(Br)cc2)o1. The van der Waals surface area contributed by atoms with Crippen LogP contribution < -0.4 is 0 Å². The summed E-state index contributed by atoms with van der Waals surface area (Å²) in [7, 11) is 0. The van der Waals surface area contributed by atoms with Crippen LogP contribution in [0.4, 0.5) is 0 Å². The summed E-state index contributed by atoms with van der Waals surface area (Å²) in [5.74, 6) is 1.80. The lowest BCUT2D eigenvalue weighted by atomic mass is 10.2. The van der Waals surface area contributed by atoms with Crippen molar-refractivity contribution in [3.63, 3.8) is 0 Å². The minimum Gasteiger partial charge on any atom is -0.460 e. The van der Waals surface area contributed by atoms with E-state index in [-0.39, 0.29) is 6.61 Å². The molecule has 0 spiro atoms. The number of rotatable bonds is 6. The standard InChI is InChI=1S/C16H20BrNO2/c1-12(2)18(9-10-19)11-15-7-8-16(20-15)13-3-5-14(17)6-4-13/h3-8,12,19H,9-11H2,1-2H3. The lowest BCUT2D eigenvalue weighted by Crippen LogP contribution is -2.32. The molecule has 0 saturated heterocycles. The Morgan fingerprint density at radius 1 is 1.15 bits per heavy atom. The highest BCUT2D eigenvalue weighted by molar-refractivity contribution is 9.10. The van der Waals surface area contributed by atoms with Gasteiger partial charge in [-0.2, -0.15) is 0 Å². The number of nitrogens with zero attached hydrogens (tertiary/aromatic N) is 1. The zero-order valence-electron chi connectivity index (χ0n) is 11.8. The van der Waals surface area contributed by atoms with E-state index in [1.54, 1.807) is 0 Å². The number of furan rings is 1. The monoisotopic (exact) mass is 337 g/mol. The summed E-state index contributed by atoms with van der Waals surface area (Å²) in [6.45, 7) is 5.78. The van der Waals surface area contributed by atoms with Crippen molar-refractivity contribution in [3.8, 4) is 11.3 Å². The number of aliphatic hydroxyl groups is 1. The van der Waals surface area contributed by atoms with Crippen molar-refractivity contribution in [2.45, 2.75) is 26.4 Å². The molecule has 4 heteroatoms. The third kappa shape index (κ3) is 3.95. The summed E-state index contributed by atoms with van der Waals surface area (Å²) in [5, 5.41) is 9.10. The van der Waals surface area contributed by atoms with Crippen LogP contribution in [0.3, 0.4) is 0 Å². The quantitative estimate of drug-likeness (QED) is 0.868. The van der Waals surface area contributed by atoms with Gasteiger partial charge in [0.2, 0.25) is 0 Å². The fraction of sp³-hybridized carbons (Fsp3) is 0.375. The Bertz CT molecular complexity index is 534. The fourth-order valence-corrected chi connectivity index (χ4v) is 2.34. The molecule has 0 bridgehead atoms. The molecule has 3 nitrogen and oxygen atoms in total. The molecular weight excluding hydrogens is 318 g/mol. The van der Waals surface area contributed by atoms with E-state index in [9.17, 15) is 0 Å². The van der Waals surface area contributed by atoms with Gasteiger partial charge in [0.05, 0.1) is 13.2 Å². The second-order valence-electron chi connectivity index (χ2n) is 5.06. The molecule has 0 aliphatic heterocycles. The molecule has 0 atom stereocenters. The maximum Gasteiger partial charge on any atom is 0.134 e. The van der Waals surface area contributed by atoms with Gasteiger partial charge < -0.3 is 9.52 Å². The maximum absolute atomic E-state index is 9.10. The molecule has 0 radical (unpaired) electrons. The van der Waals surface area contributed by atoms with Crippen molar-refractivity contribution in [2.75, 3.05) is 13.2 Å². The lowest BCUT2D eigenvalue weighted by Gasteiger charge is -2.24. The highest BCUT2D eigenvalue weighted by atomic mass is 79.9. The molecule has 108 valence electrons. The van der Waals surface area contributed by atoms with Gasteiger partial charge in [0, 0.05) is 22.6 Å². The Morgan fingerprint density at radius 3 is 2.45 bits per heavy atom. The number of aliphatic hydroxyl groups excluding tert-OH is 1. The average molecular weight is 338 g/mol. The van der Waals surface area contributed by atoms with Crippen LogP contribution in [0, 0.1) is 0 Å². The first kappa shape index (κ1) is 15.3. The molecule has 2 rings (SSSR count). The molecule has 0 amide bonds. The second kappa shape index (κ2) is 7.07. The van der Waals surface area contributed by atoms with Crippen LogP contribution in [0.2, 0.25) is 0 Å². The lowest BCUT2D eigenvalue weighted by molar-refractivity contribution is 0.150. The van der Waals surface area contributed by atoms with E-state index >= 15 is 0 Å². The molecule has 1 N–H and O–H groups in total. The van der Waals surface area contributed by atoms with E-state index in [1.807, 2.05) is 36.4 Å². The molecule has 1 heterocycles. The van der Waals surface area contributed by atoms with Gasteiger partial charge in [-0.05, 0) is 38.1 Å². The van der Waals surface area contributed by atoms with Crippen LogP contribution >= 0.6 is 15.9 Å². The number of halogens is 1. The highest BCUT2D eigenvalue weighted by Crippen LogP contribution is 2.24. The Labute approximate surface area is 128 Å². The normalized spacial score (nSPS) is 11.5. The van der Waals surface area contributed by atoms with Gasteiger partial charge in [-0.25, -0.2) is 0 Å². The van der Waals surface area contributed by atoms with Crippen LogP contribution in [-0.4, -0.2) is 29.2 Å². The van der Waals surface area contributed by atoms with Gasteiger partial charge in [-0.1, -0.05) is 28.1 Å². The van der Waals surface area contributed by atoms with Crippen molar-refractivity contribution in [3.05, 3.63) is 46.6 Å². The van der Waals surface area contributed by atoms with Crippen LogP contribution in [0.5, 0.6) is 0 Å². The molecule has 1 aromatic heterocycles. The van der Waals surface area contributed by atoms with Gasteiger partial charge in [0.25, 0.3) is 0 Å². The zero-order valence-corrected chi connectivity index (χ0v) is 13.4. The first-order chi connectivity index (χ1) is 9.60. The zero-order chi connectivity index (χ0) is 14.5. The Morgan fingerprint density at radius 2 is 1.85 bits per heavy atom. The van der Waals surface area contributed by atoms with E-state index in [0.29, 0.717) is 12.6 Å². The molecule has 20 heavy (non-hydrogen) atoms. The van der Waals surface area contributed by atoms with Crippen molar-refractivity contribution in [1.82, 2.24) is 4.90 Å². The minimum absolute atomic E-state index is 0.165. The van der Waals surface area contributed by atoms with Crippen molar-refractivity contribution < 1.29 is 9.52 Å². The predicted molar refractivity (Wildman–Crippen MR) is 84.5 cm³/mol. The Hall–Kier alpha value is -1.10. The summed E-state index contributed by atoms with van der Waals surface area (Å²) in [5.41, 5.74) is 1.07. The van der Waals surface area contributed by atoms with Gasteiger partial charge in [-0.3, -0.25) is 4.90 Å². The molecule has 2 aromatic rings. The van der Waals surface area contributed by atoms with Crippen molar-refractivity contribution in [1.29, 1.82) is 0 Å². The van der Waals surface area contributed by atoms with Crippen LogP contribution in [0.1, 0.15) is 19.6 Å². The second-order valence-corrected chi connectivity index (χ2v) is 5.98. The Kier molecular flexibility index (Phi) is 5.40. The van der Waals surface area contributed by atoms with Crippen LogP contribution in [0.15, 0.2) is 45.3 Å². The van der Waals surface area contributed by atoms with Gasteiger partial charge in [0.15, 0.2) is 0 Å². The van der Waals surface area contributed by atoms with Crippen molar-refractivity contribution in [2.24, 2.45) is 0 Å². The number of benzene rings is 1. The molecule has 0 saturated carbocycles. The molecule has 0 aliphatic carbocycles. The average Bonchev–Trinajstić information content (AvgIpc) is 2.87.